The number of nitro benzene ring substituents is 1. The van der Waals surface area contributed by atoms with Crippen molar-refractivity contribution in [1.82, 2.24) is 0 Å². The van der Waals surface area contributed by atoms with E-state index in [1.54, 1.807) is 11.0 Å². The van der Waals surface area contributed by atoms with Crippen LogP contribution in [0, 0.1) is 16.0 Å². The molecule has 0 aliphatic rings. The number of benzene rings is 1. The molecule has 0 radical (unpaired) electrons. The minimum atomic E-state index is -0.512. The molecule has 0 aromatic heterocycles. The van der Waals surface area contributed by atoms with Gasteiger partial charge in [0, 0.05) is 24.4 Å². The Balaban J connectivity index is 3.19. The van der Waals surface area contributed by atoms with Crippen LogP contribution in [0.25, 0.3) is 0 Å². The van der Waals surface area contributed by atoms with Crippen LogP contribution < -0.4 is 21.9 Å². The van der Waals surface area contributed by atoms with Gasteiger partial charge >= 0.3 is 0 Å². The number of carbonyl (C=O) groups excluding carboxylic acids is 1. The minimum Gasteiger partial charge on any atom is -0.368 e. The number of amides is 1. The second-order valence-electron chi connectivity index (χ2n) is 4.88. The zero-order valence-electron chi connectivity index (χ0n) is 11.5. The Kier molecular flexibility index (Phi) is 5.27. The molecule has 1 aromatic rings. The van der Waals surface area contributed by atoms with Crippen molar-refractivity contribution in [3.05, 3.63) is 28.3 Å². The van der Waals surface area contributed by atoms with E-state index in [0.29, 0.717) is 17.9 Å². The summed E-state index contributed by atoms with van der Waals surface area (Å²) in [5, 5.41) is 10.9. The van der Waals surface area contributed by atoms with E-state index in [4.69, 9.17) is 11.6 Å². The highest BCUT2D eigenvalue weighted by Crippen LogP contribution is 2.27. The summed E-state index contributed by atoms with van der Waals surface area (Å²) < 4.78 is 0. The van der Waals surface area contributed by atoms with Gasteiger partial charge in [0.15, 0.2) is 0 Å². The summed E-state index contributed by atoms with van der Waals surface area (Å²) in [6.45, 7) is 4.50. The molecule has 1 aromatic carbocycles. The molecule has 0 unspecified atom stereocenters. The average molecular weight is 281 g/mol. The summed E-state index contributed by atoms with van der Waals surface area (Å²) >= 11 is 0. The van der Waals surface area contributed by atoms with Crippen LogP contribution in [0.2, 0.25) is 0 Å². The van der Waals surface area contributed by atoms with Crippen LogP contribution in [0.3, 0.4) is 0 Å². The van der Waals surface area contributed by atoms with Crippen molar-refractivity contribution < 1.29 is 9.72 Å². The Bertz CT molecular complexity index is 504. The number of primary amides is 1. The largest absolute Gasteiger partial charge is 0.368 e. The lowest BCUT2D eigenvalue weighted by Gasteiger charge is -2.25. The number of carbonyl (C=O) groups is 1. The van der Waals surface area contributed by atoms with E-state index >= 15 is 0 Å². The number of anilines is 2. The quantitative estimate of drug-likeness (QED) is 0.386. The molecule has 5 N–H and O–H groups in total. The van der Waals surface area contributed by atoms with Gasteiger partial charge in [0.1, 0.15) is 0 Å². The lowest BCUT2D eigenvalue weighted by molar-refractivity contribution is -0.384. The minimum absolute atomic E-state index is 0.0106. The highest BCUT2D eigenvalue weighted by atomic mass is 16.6. The predicted molar refractivity (Wildman–Crippen MR) is 77.2 cm³/mol. The van der Waals surface area contributed by atoms with Crippen molar-refractivity contribution in [1.29, 1.82) is 0 Å². The van der Waals surface area contributed by atoms with Gasteiger partial charge in [-0.2, -0.15) is 0 Å². The Morgan fingerprint density at radius 3 is 2.55 bits per heavy atom. The van der Waals surface area contributed by atoms with Gasteiger partial charge in [-0.25, -0.2) is 0 Å². The van der Waals surface area contributed by atoms with E-state index in [2.05, 4.69) is 5.43 Å². The molecule has 0 spiro atoms. The molecule has 1 amide bonds. The van der Waals surface area contributed by atoms with Crippen LogP contribution in [-0.2, 0) is 4.79 Å². The molecule has 20 heavy (non-hydrogen) atoms. The first-order chi connectivity index (χ1) is 9.33. The summed E-state index contributed by atoms with van der Waals surface area (Å²) in [4.78, 5) is 23.2. The second-order valence-corrected chi connectivity index (χ2v) is 4.88. The zero-order valence-corrected chi connectivity index (χ0v) is 11.5. The number of nitrogen functional groups attached to an aromatic ring is 1. The van der Waals surface area contributed by atoms with Crippen LogP contribution in [0.4, 0.5) is 17.1 Å². The lowest BCUT2D eigenvalue weighted by atomic mass is 10.1. The molecule has 0 aliphatic carbocycles. The summed E-state index contributed by atoms with van der Waals surface area (Å²) in [6.07, 6.45) is 0. The van der Waals surface area contributed by atoms with Crippen LogP contribution in [-0.4, -0.2) is 23.9 Å². The maximum absolute atomic E-state index is 11.1. The molecule has 8 heteroatoms. The monoisotopic (exact) mass is 281 g/mol. The van der Waals surface area contributed by atoms with Crippen molar-refractivity contribution in [3.8, 4) is 0 Å². The van der Waals surface area contributed by atoms with Crippen molar-refractivity contribution in [2.24, 2.45) is 17.5 Å². The highest BCUT2D eigenvalue weighted by molar-refractivity contribution is 5.80. The lowest BCUT2D eigenvalue weighted by Crippen LogP contribution is -2.36. The number of hydrogen-bond acceptors (Lipinski definition) is 6. The number of nitrogens with one attached hydrogen (secondary N) is 1. The topological polar surface area (TPSA) is 128 Å². The smallest absolute Gasteiger partial charge is 0.273 e. The molecule has 0 heterocycles. The molecule has 0 saturated carbocycles. The third kappa shape index (κ3) is 4.39. The summed E-state index contributed by atoms with van der Waals surface area (Å²) in [6, 6.07) is 4.35. The molecule has 0 fully saturated rings. The molecule has 0 saturated heterocycles. The van der Waals surface area contributed by atoms with Crippen LogP contribution in [0.5, 0.6) is 0 Å². The summed E-state index contributed by atoms with van der Waals surface area (Å²) in [7, 11) is 0. The number of nitrogens with two attached hydrogens (primary N) is 2. The molecule has 0 aliphatic heterocycles. The first kappa shape index (κ1) is 15.7. The number of hydrogen-bond donors (Lipinski definition) is 3. The van der Waals surface area contributed by atoms with E-state index in [0.717, 1.165) is 0 Å². The van der Waals surface area contributed by atoms with Crippen LogP contribution in [0.15, 0.2) is 18.2 Å². The van der Waals surface area contributed by atoms with Gasteiger partial charge in [0.25, 0.3) is 5.69 Å². The standard InChI is InChI=1S/C12H19N5O3/c1-8(2)6-16(7-12(13)18)10-3-9(15-14)4-11(5-10)17(19)20/h3-5,8,15H,6-7,14H2,1-2H3,(H2,13,18). The molecule has 0 bridgehead atoms. The van der Waals surface area contributed by atoms with Crippen molar-refractivity contribution in [3.63, 3.8) is 0 Å². The fraction of sp³-hybridized carbons (Fsp3) is 0.417. The number of rotatable bonds is 7. The second kappa shape index (κ2) is 6.71. The maximum atomic E-state index is 11.1. The van der Waals surface area contributed by atoms with Gasteiger partial charge in [-0.05, 0) is 12.0 Å². The Labute approximate surface area is 116 Å². The van der Waals surface area contributed by atoms with Crippen molar-refractivity contribution in [2.45, 2.75) is 13.8 Å². The van der Waals surface area contributed by atoms with E-state index in [1.807, 2.05) is 13.8 Å². The molecular weight excluding hydrogens is 262 g/mol. The first-order valence-electron chi connectivity index (χ1n) is 6.12. The molecule has 1 rings (SSSR count). The third-order valence-corrected chi connectivity index (χ3v) is 2.58. The fourth-order valence-corrected chi connectivity index (χ4v) is 1.86. The van der Waals surface area contributed by atoms with E-state index in [1.165, 1.54) is 12.1 Å². The number of nitrogens with zero attached hydrogens (tertiary/aromatic N) is 2. The summed E-state index contributed by atoms with van der Waals surface area (Å²) in [5.41, 5.74) is 8.42. The van der Waals surface area contributed by atoms with Gasteiger partial charge in [0.05, 0.1) is 17.2 Å². The van der Waals surface area contributed by atoms with Gasteiger partial charge in [-0.3, -0.25) is 20.8 Å². The SMILES string of the molecule is CC(C)CN(CC(N)=O)c1cc(NN)cc([N+](=O)[O-])c1. The van der Waals surface area contributed by atoms with Gasteiger partial charge in [0.2, 0.25) is 5.91 Å². The van der Waals surface area contributed by atoms with Crippen molar-refractivity contribution in [2.75, 3.05) is 23.4 Å². The van der Waals surface area contributed by atoms with Crippen molar-refractivity contribution >= 4 is 23.0 Å². The fourth-order valence-electron chi connectivity index (χ4n) is 1.86. The predicted octanol–water partition coefficient (Wildman–Crippen LogP) is 0.828. The number of nitro groups is 1. The maximum Gasteiger partial charge on any atom is 0.273 e. The molecule has 8 nitrogen and oxygen atoms in total. The van der Waals surface area contributed by atoms with E-state index in [-0.39, 0.29) is 18.2 Å². The first-order valence-corrected chi connectivity index (χ1v) is 6.12. The third-order valence-electron chi connectivity index (χ3n) is 2.58. The van der Waals surface area contributed by atoms with Crippen LogP contribution >= 0.6 is 0 Å². The number of non-ortho nitro benzene ring substituents is 1. The van der Waals surface area contributed by atoms with Gasteiger partial charge < -0.3 is 16.1 Å². The Morgan fingerprint density at radius 1 is 1.45 bits per heavy atom. The summed E-state index contributed by atoms with van der Waals surface area (Å²) in [5.74, 6) is 5.07. The average Bonchev–Trinajstić information content (AvgIpc) is 2.36. The zero-order chi connectivity index (χ0) is 15.3. The van der Waals surface area contributed by atoms with E-state index < -0.39 is 10.8 Å². The Morgan fingerprint density at radius 2 is 2.10 bits per heavy atom. The normalized spacial score (nSPS) is 10.4. The Hall–Kier alpha value is -2.35. The van der Waals surface area contributed by atoms with Gasteiger partial charge in [-0.15, -0.1) is 0 Å². The van der Waals surface area contributed by atoms with E-state index in [9.17, 15) is 14.9 Å². The molecule has 110 valence electrons. The molecular formula is C12H19N5O3. The molecule has 0 atom stereocenters. The van der Waals surface area contributed by atoms with Gasteiger partial charge in [-0.1, -0.05) is 13.8 Å². The number of hydrazine groups is 1. The highest BCUT2D eigenvalue weighted by Gasteiger charge is 2.16. The van der Waals surface area contributed by atoms with Crippen LogP contribution in [0.1, 0.15) is 13.8 Å².